The Morgan fingerprint density at radius 3 is 2.06 bits per heavy atom. The molecule has 1 heterocycles. The minimum absolute atomic E-state index is 0.219. The van der Waals surface area contributed by atoms with Gasteiger partial charge in [-0.1, -0.05) is 35.3 Å². The zero-order valence-corrected chi connectivity index (χ0v) is 19.5. The van der Waals surface area contributed by atoms with Crippen LogP contribution in [0, 0.1) is 6.92 Å². The van der Waals surface area contributed by atoms with Crippen LogP contribution in [0.5, 0.6) is 0 Å². The van der Waals surface area contributed by atoms with Gasteiger partial charge in [-0.3, -0.25) is 4.79 Å². The number of aryl methyl sites for hydroxylation is 1. The number of rotatable bonds is 5. The summed E-state index contributed by atoms with van der Waals surface area (Å²) < 4.78 is 94.1. The van der Waals surface area contributed by atoms with Gasteiger partial charge < -0.3 is 5.32 Å². The Kier molecular flexibility index (Phi) is 7.16. The maximum atomic E-state index is 14.4. The van der Waals surface area contributed by atoms with E-state index in [-0.39, 0.29) is 30.3 Å². The average molecular weight is 542 g/mol. The van der Waals surface area contributed by atoms with Crippen LogP contribution in [-0.2, 0) is 17.0 Å². The van der Waals surface area contributed by atoms with Crippen molar-refractivity contribution >= 4 is 29.1 Å². The van der Waals surface area contributed by atoms with Crippen LogP contribution in [0.4, 0.5) is 30.7 Å². The predicted molar refractivity (Wildman–Crippen MR) is 116 cm³/mol. The highest BCUT2D eigenvalue weighted by Gasteiger charge is 2.73. The van der Waals surface area contributed by atoms with Crippen molar-refractivity contribution in [2.24, 2.45) is 0 Å². The van der Waals surface area contributed by atoms with E-state index in [0.29, 0.717) is 11.1 Å². The minimum atomic E-state index is -6.31. The van der Waals surface area contributed by atoms with Gasteiger partial charge in [0.2, 0.25) is 5.91 Å². The lowest BCUT2D eigenvalue weighted by atomic mass is 9.94. The lowest BCUT2D eigenvalue weighted by molar-refractivity contribution is -0.348. The Labute approximate surface area is 204 Å². The summed E-state index contributed by atoms with van der Waals surface area (Å²) in [4.78, 5) is 11.2. The standard InChI is InChI=1S/C22H16Cl2F7N3O/c1-11-3-4-13(5-14(11)8-32-12(2)35)15-9-33-34(10-15)19-17(23)6-16(7-18(19)24)20(25,21(26,27)28)22(29,30)31/h3-7,9-10H,8H2,1-2H3,(H,32,35). The second kappa shape index (κ2) is 9.34. The fraction of sp³-hybridized carbons (Fsp3) is 0.273. The quantitative estimate of drug-likeness (QED) is 0.351. The van der Waals surface area contributed by atoms with Crippen molar-refractivity contribution in [3.8, 4) is 16.8 Å². The fourth-order valence-corrected chi connectivity index (χ4v) is 3.99. The molecule has 0 saturated heterocycles. The largest absolute Gasteiger partial charge is 0.435 e. The highest BCUT2D eigenvalue weighted by Crippen LogP contribution is 2.54. The lowest BCUT2D eigenvalue weighted by Crippen LogP contribution is -2.50. The molecule has 35 heavy (non-hydrogen) atoms. The summed E-state index contributed by atoms with van der Waals surface area (Å²) in [5, 5.41) is 5.37. The number of hydrogen-bond donors (Lipinski definition) is 1. The van der Waals surface area contributed by atoms with Crippen LogP contribution in [0.25, 0.3) is 16.8 Å². The number of aromatic nitrogens is 2. The number of nitrogens with one attached hydrogen (secondary N) is 1. The number of carbonyl (C=O) groups is 1. The Balaban J connectivity index is 2.03. The molecule has 0 unspecified atom stereocenters. The monoisotopic (exact) mass is 541 g/mol. The number of halogens is 9. The van der Waals surface area contributed by atoms with Gasteiger partial charge in [-0.15, -0.1) is 0 Å². The van der Waals surface area contributed by atoms with E-state index >= 15 is 0 Å². The van der Waals surface area contributed by atoms with Crippen molar-refractivity contribution in [3.05, 3.63) is 69.5 Å². The summed E-state index contributed by atoms with van der Waals surface area (Å²) >= 11 is 11.9. The van der Waals surface area contributed by atoms with E-state index in [2.05, 4.69) is 10.4 Å². The second-order valence-electron chi connectivity index (χ2n) is 7.67. The first-order valence-electron chi connectivity index (χ1n) is 9.77. The van der Waals surface area contributed by atoms with Crippen molar-refractivity contribution in [2.75, 3.05) is 0 Å². The summed E-state index contributed by atoms with van der Waals surface area (Å²) in [6.07, 6.45) is -9.84. The SMILES string of the molecule is CC(=O)NCc1cc(-c2cnn(-c3c(Cl)cc(C(F)(C(F)(F)F)C(F)(F)F)cc3Cl)c2)ccc1C. The van der Waals surface area contributed by atoms with Gasteiger partial charge in [0.25, 0.3) is 0 Å². The minimum Gasteiger partial charge on any atom is -0.352 e. The van der Waals surface area contributed by atoms with Crippen molar-refractivity contribution < 1.29 is 35.5 Å². The third kappa shape index (κ3) is 5.11. The average Bonchev–Trinajstić information content (AvgIpc) is 3.19. The van der Waals surface area contributed by atoms with Crippen LogP contribution >= 0.6 is 23.2 Å². The van der Waals surface area contributed by atoms with Crippen LogP contribution in [0.2, 0.25) is 10.0 Å². The van der Waals surface area contributed by atoms with Crippen LogP contribution in [-0.4, -0.2) is 28.0 Å². The highest BCUT2D eigenvalue weighted by molar-refractivity contribution is 6.37. The van der Waals surface area contributed by atoms with E-state index < -0.39 is 33.6 Å². The maximum absolute atomic E-state index is 14.4. The van der Waals surface area contributed by atoms with Crippen molar-refractivity contribution in [1.82, 2.24) is 15.1 Å². The van der Waals surface area contributed by atoms with Crippen molar-refractivity contribution in [3.63, 3.8) is 0 Å². The Bertz CT molecular complexity index is 1230. The Hall–Kier alpha value is -2.79. The fourth-order valence-electron chi connectivity index (χ4n) is 3.33. The molecule has 3 rings (SSSR count). The molecule has 0 bridgehead atoms. The predicted octanol–water partition coefficient (Wildman–Crippen LogP) is 7.08. The zero-order chi connectivity index (χ0) is 26.3. The van der Waals surface area contributed by atoms with Gasteiger partial charge in [0.15, 0.2) is 0 Å². The normalized spacial score (nSPS) is 12.7. The number of carbonyl (C=O) groups excluding carboxylic acids is 1. The summed E-state index contributed by atoms with van der Waals surface area (Å²) in [5.74, 6) is -0.219. The number of hydrogen-bond acceptors (Lipinski definition) is 2. The van der Waals surface area contributed by atoms with E-state index in [4.69, 9.17) is 23.2 Å². The number of benzene rings is 2. The lowest BCUT2D eigenvalue weighted by Gasteiger charge is -2.30. The van der Waals surface area contributed by atoms with Gasteiger partial charge in [0.1, 0.15) is 5.69 Å². The van der Waals surface area contributed by atoms with Gasteiger partial charge in [-0.05, 0) is 41.8 Å². The van der Waals surface area contributed by atoms with Crippen molar-refractivity contribution in [2.45, 2.75) is 38.4 Å². The molecule has 0 atom stereocenters. The molecule has 3 aromatic rings. The summed E-state index contributed by atoms with van der Waals surface area (Å²) in [5.41, 5.74) is -4.83. The van der Waals surface area contributed by atoms with E-state index in [1.807, 2.05) is 6.92 Å². The van der Waals surface area contributed by atoms with E-state index in [0.717, 1.165) is 15.8 Å². The zero-order valence-electron chi connectivity index (χ0n) is 18.0. The van der Waals surface area contributed by atoms with Crippen LogP contribution in [0.3, 0.4) is 0 Å². The molecule has 0 fully saturated rings. The first kappa shape index (κ1) is 26.8. The van der Waals surface area contributed by atoms with Crippen molar-refractivity contribution in [1.29, 1.82) is 0 Å². The summed E-state index contributed by atoms with van der Waals surface area (Å²) in [6.45, 7) is 3.49. The topological polar surface area (TPSA) is 46.9 Å². The molecule has 0 spiro atoms. The van der Waals surface area contributed by atoms with E-state index in [1.54, 1.807) is 18.2 Å². The van der Waals surface area contributed by atoms with Gasteiger partial charge in [0, 0.05) is 30.8 Å². The Morgan fingerprint density at radius 1 is 0.971 bits per heavy atom. The van der Waals surface area contributed by atoms with Crippen LogP contribution in [0.15, 0.2) is 42.7 Å². The highest BCUT2D eigenvalue weighted by atomic mass is 35.5. The molecule has 2 aromatic carbocycles. The molecule has 4 nitrogen and oxygen atoms in total. The molecule has 1 amide bonds. The molecule has 188 valence electrons. The number of alkyl halides is 7. The van der Waals surface area contributed by atoms with Gasteiger partial charge in [-0.2, -0.15) is 31.4 Å². The van der Waals surface area contributed by atoms with Gasteiger partial charge in [0.05, 0.1) is 16.2 Å². The molecule has 0 aliphatic heterocycles. The summed E-state index contributed by atoms with van der Waals surface area (Å²) in [7, 11) is 0. The molecular weight excluding hydrogens is 526 g/mol. The second-order valence-corrected chi connectivity index (χ2v) is 8.48. The Morgan fingerprint density at radius 2 is 1.54 bits per heavy atom. The van der Waals surface area contributed by atoms with Crippen LogP contribution in [0.1, 0.15) is 23.6 Å². The van der Waals surface area contributed by atoms with E-state index in [9.17, 15) is 35.5 Å². The van der Waals surface area contributed by atoms with Gasteiger partial charge >= 0.3 is 18.0 Å². The third-order valence-electron chi connectivity index (χ3n) is 5.22. The molecule has 13 heteroatoms. The number of nitrogens with zero attached hydrogens (tertiary/aromatic N) is 2. The molecule has 0 aliphatic carbocycles. The molecule has 0 aliphatic rings. The maximum Gasteiger partial charge on any atom is 0.435 e. The smallest absolute Gasteiger partial charge is 0.352 e. The molecule has 0 saturated carbocycles. The molecule has 1 aromatic heterocycles. The number of amides is 1. The third-order valence-corrected chi connectivity index (χ3v) is 5.79. The van der Waals surface area contributed by atoms with Crippen LogP contribution < -0.4 is 5.32 Å². The first-order chi connectivity index (χ1) is 16.1. The molecule has 0 radical (unpaired) electrons. The molecule has 1 N–H and O–H groups in total. The summed E-state index contributed by atoms with van der Waals surface area (Å²) in [6, 6.07) is 5.78. The van der Waals surface area contributed by atoms with Gasteiger partial charge in [-0.25, -0.2) is 9.07 Å². The van der Waals surface area contributed by atoms with E-state index in [1.165, 1.54) is 19.3 Å². The molecular formula is C22H16Cl2F7N3O. The first-order valence-corrected chi connectivity index (χ1v) is 10.5.